The molecule has 0 radical (unpaired) electrons. The monoisotopic (exact) mass is 254 g/mol. The molecule has 0 fully saturated rings. The van der Waals surface area contributed by atoms with Gasteiger partial charge in [0.15, 0.2) is 0 Å². The smallest absolute Gasteiger partial charge is 0.481 e. The Morgan fingerprint density at radius 2 is 1.47 bits per heavy atom. The number of hydrogen-bond acceptors (Lipinski definition) is 2. The van der Waals surface area contributed by atoms with Crippen LogP contribution in [0, 0.1) is 6.42 Å². The zero-order chi connectivity index (χ0) is 12.8. The van der Waals surface area contributed by atoms with Gasteiger partial charge in [0.1, 0.15) is 0 Å². The Morgan fingerprint density at radius 1 is 1.00 bits per heavy atom. The van der Waals surface area contributed by atoms with Gasteiger partial charge < -0.3 is 16.6 Å². The molecule has 0 spiro atoms. The van der Waals surface area contributed by atoms with E-state index in [1.807, 2.05) is 0 Å². The molecule has 17 heavy (non-hydrogen) atoms. The van der Waals surface area contributed by atoms with Gasteiger partial charge in [-0.3, -0.25) is 9.59 Å². The summed E-state index contributed by atoms with van der Waals surface area (Å²) in [6.45, 7) is 4.44. The molecule has 0 aromatic rings. The maximum atomic E-state index is 9.64. The average molecular weight is 254 g/mol. The molecular formula is C12H23NaO4. The van der Waals surface area contributed by atoms with Gasteiger partial charge in [-0.25, -0.2) is 0 Å². The number of aliphatic carboxylic acids is 2. The minimum atomic E-state index is -1.08. The molecule has 4 nitrogen and oxygen atoms in total. The second-order valence-electron chi connectivity index (χ2n) is 3.48. The van der Waals surface area contributed by atoms with Gasteiger partial charge in [0.25, 0.3) is 0 Å². The fourth-order valence-electron chi connectivity index (χ4n) is 0.957. The van der Waals surface area contributed by atoms with Gasteiger partial charge in [0.2, 0.25) is 0 Å². The van der Waals surface area contributed by atoms with Crippen LogP contribution < -0.4 is 29.6 Å². The molecule has 0 aliphatic rings. The topological polar surface area (TPSA) is 74.6 Å². The van der Waals surface area contributed by atoms with Gasteiger partial charge in [0, 0.05) is 0 Å². The van der Waals surface area contributed by atoms with Crippen LogP contribution in [0.25, 0.3) is 0 Å². The second-order valence-corrected chi connectivity index (χ2v) is 3.48. The van der Waals surface area contributed by atoms with Crippen LogP contribution >= 0.6 is 0 Å². The molecule has 0 amide bonds. The van der Waals surface area contributed by atoms with Crippen molar-refractivity contribution >= 4 is 11.9 Å². The maximum absolute atomic E-state index is 9.64. The molecule has 0 rings (SSSR count). The average Bonchev–Trinajstić information content (AvgIpc) is 2.23. The third-order valence-corrected chi connectivity index (χ3v) is 1.85. The fraction of sp³-hybridized carbons (Fsp3) is 0.750. The Bertz CT molecular complexity index is 163. The van der Waals surface area contributed by atoms with Gasteiger partial charge in [-0.05, 0) is 0 Å². The van der Waals surface area contributed by atoms with E-state index in [0.717, 1.165) is 0 Å². The fourth-order valence-corrected chi connectivity index (χ4v) is 0.957. The molecule has 96 valence electrons. The van der Waals surface area contributed by atoms with E-state index in [1.54, 1.807) is 0 Å². The number of rotatable bonds is 8. The van der Waals surface area contributed by atoms with E-state index >= 15 is 0 Å². The van der Waals surface area contributed by atoms with Crippen molar-refractivity contribution in [3.63, 3.8) is 0 Å². The molecule has 0 bridgehead atoms. The minimum Gasteiger partial charge on any atom is -0.481 e. The van der Waals surface area contributed by atoms with Crippen molar-refractivity contribution in [2.45, 2.75) is 58.8 Å². The van der Waals surface area contributed by atoms with Gasteiger partial charge >= 0.3 is 41.5 Å². The number of carboxylic acids is 2. The number of hydrogen-bond donors (Lipinski definition) is 2. The van der Waals surface area contributed by atoms with Crippen LogP contribution in [-0.4, -0.2) is 22.2 Å². The molecule has 0 aromatic carbocycles. The van der Waals surface area contributed by atoms with E-state index < -0.39 is 11.9 Å². The summed E-state index contributed by atoms with van der Waals surface area (Å²) in [6.07, 6.45) is 8.47. The third-order valence-electron chi connectivity index (χ3n) is 1.85. The molecule has 0 saturated heterocycles. The van der Waals surface area contributed by atoms with E-state index in [-0.39, 0.29) is 42.4 Å². The Kier molecular flexibility index (Phi) is 23.9. The van der Waals surface area contributed by atoms with Gasteiger partial charge in [-0.15, -0.1) is 0 Å². The first-order valence-corrected chi connectivity index (χ1v) is 5.79. The first kappa shape index (κ1) is 22.1. The van der Waals surface area contributed by atoms with Crippen LogP contribution in [-0.2, 0) is 9.59 Å². The Balaban J connectivity index is -0.000000218. The van der Waals surface area contributed by atoms with E-state index in [0.29, 0.717) is 0 Å². The summed E-state index contributed by atoms with van der Waals surface area (Å²) < 4.78 is 0. The summed E-state index contributed by atoms with van der Waals surface area (Å²) in [6, 6.07) is 0. The van der Waals surface area contributed by atoms with E-state index in [4.69, 9.17) is 10.2 Å². The molecule has 0 aromatic heterocycles. The number of carboxylic acid groups (broad SMARTS) is 2. The van der Waals surface area contributed by atoms with Crippen molar-refractivity contribution in [1.82, 2.24) is 0 Å². The van der Waals surface area contributed by atoms with Crippen molar-refractivity contribution in [3.8, 4) is 0 Å². The molecule has 2 N–H and O–H groups in total. The number of unbranched alkanes of at least 4 members (excludes halogenated alkanes) is 5. The van der Waals surface area contributed by atoms with Gasteiger partial charge in [-0.1, -0.05) is 33.1 Å². The van der Waals surface area contributed by atoms with Crippen LogP contribution in [0.4, 0.5) is 0 Å². The summed E-state index contributed by atoms with van der Waals surface area (Å²) in [5, 5.41) is 15.8. The molecule has 0 atom stereocenters. The maximum Gasteiger partial charge on any atom is 1.00 e. The molecule has 0 unspecified atom stereocenters. The van der Waals surface area contributed by atoms with Crippen molar-refractivity contribution < 1.29 is 49.4 Å². The first-order chi connectivity index (χ1) is 7.54. The van der Waals surface area contributed by atoms with Crippen LogP contribution in [0.5, 0.6) is 0 Å². The van der Waals surface area contributed by atoms with Crippen molar-refractivity contribution in [1.29, 1.82) is 0 Å². The van der Waals surface area contributed by atoms with Crippen molar-refractivity contribution in [3.05, 3.63) is 6.42 Å². The second kappa shape index (κ2) is 18.3. The predicted octanol–water partition coefficient (Wildman–Crippen LogP) is 0.121. The Hall–Kier alpha value is -0.0600. The predicted molar refractivity (Wildman–Crippen MR) is 63.2 cm³/mol. The number of carbonyl (C=O) groups is 2. The summed E-state index contributed by atoms with van der Waals surface area (Å²) in [5.74, 6) is -2.15. The van der Waals surface area contributed by atoms with E-state index in [1.165, 1.54) is 32.1 Å². The summed E-state index contributed by atoms with van der Waals surface area (Å²) in [7, 11) is 0. The summed E-state index contributed by atoms with van der Waals surface area (Å²) >= 11 is 0. The standard InChI is InChI=1S/C8H17.C4H6O4.Na/c1-3-5-7-8-6-4-2;5-3(6)1-2-4(7)8;/h5H,3-4,6-8H2,1-2H3;1-2H2,(H,5,6)(H,7,8);/q-1;;+1. The van der Waals surface area contributed by atoms with E-state index in [2.05, 4.69) is 20.3 Å². The molecule has 0 aliphatic heterocycles. The quantitative estimate of drug-likeness (QED) is 0.366. The molecule has 5 heteroatoms. The van der Waals surface area contributed by atoms with Crippen LogP contribution in [0.3, 0.4) is 0 Å². The Morgan fingerprint density at radius 3 is 1.76 bits per heavy atom. The zero-order valence-electron chi connectivity index (χ0n) is 11.2. The molecule has 0 saturated carbocycles. The zero-order valence-corrected chi connectivity index (χ0v) is 13.2. The van der Waals surface area contributed by atoms with Gasteiger partial charge in [-0.2, -0.15) is 12.8 Å². The normalized spacial score (nSPS) is 8.59. The summed E-state index contributed by atoms with van der Waals surface area (Å²) in [5.41, 5.74) is 0. The van der Waals surface area contributed by atoms with E-state index in [9.17, 15) is 9.59 Å². The van der Waals surface area contributed by atoms with Crippen LogP contribution in [0.2, 0.25) is 0 Å². The van der Waals surface area contributed by atoms with Gasteiger partial charge in [0.05, 0.1) is 12.8 Å². The van der Waals surface area contributed by atoms with Crippen LogP contribution in [0.1, 0.15) is 58.8 Å². The largest absolute Gasteiger partial charge is 1.00 e. The first-order valence-electron chi connectivity index (χ1n) is 5.79. The van der Waals surface area contributed by atoms with Crippen LogP contribution in [0.15, 0.2) is 0 Å². The Labute approximate surface area is 126 Å². The molecule has 0 heterocycles. The molecular weight excluding hydrogens is 231 g/mol. The third kappa shape index (κ3) is 31.4. The summed E-state index contributed by atoms with van der Waals surface area (Å²) in [4.78, 5) is 19.3. The van der Waals surface area contributed by atoms with Crippen molar-refractivity contribution in [2.24, 2.45) is 0 Å². The van der Waals surface area contributed by atoms with Crippen molar-refractivity contribution in [2.75, 3.05) is 0 Å². The molecule has 0 aliphatic carbocycles. The SMILES string of the molecule is CC[CH-]CCCCC.O=C(O)CCC(=O)O.[Na+]. The minimum absolute atomic E-state index is 0.